The van der Waals surface area contributed by atoms with Crippen LogP contribution in [-0.4, -0.2) is 16.6 Å². The largest absolute Gasteiger partial charge is 0.392 e. The van der Waals surface area contributed by atoms with Crippen LogP contribution in [0, 0.1) is 10.1 Å². The molecule has 0 saturated carbocycles. The first-order valence-corrected chi connectivity index (χ1v) is 5.79. The van der Waals surface area contributed by atoms with Crippen molar-refractivity contribution in [2.45, 2.75) is 25.7 Å². The highest BCUT2D eigenvalue weighted by Gasteiger charge is 2.15. The number of benzene rings is 1. The van der Waals surface area contributed by atoms with Gasteiger partial charge in [-0.3, -0.25) is 10.1 Å². The van der Waals surface area contributed by atoms with Crippen LogP contribution in [0.4, 0.5) is 5.69 Å². The molecule has 4 heteroatoms. The Morgan fingerprint density at radius 1 is 1.29 bits per heavy atom. The van der Waals surface area contributed by atoms with Crippen molar-refractivity contribution in [3.05, 3.63) is 45.5 Å². The number of nitrogens with zero attached hydrogens (tertiary/aromatic N) is 1. The van der Waals surface area contributed by atoms with Crippen LogP contribution in [0.25, 0.3) is 5.57 Å². The zero-order valence-corrected chi connectivity index (χ0v) is 9.56. The maximum atomic E-state index is 10.7. The van der Waals surface area contributed by atoms with Crippen molar-refractivity contribution in [2.24, 2.45) is 0 Å². The van der Waals surface area contributed by atoms with E-state index in [4.69, 9.17) is 0 Å². The highest BCUT2D eigenvalue weighted by Crippen LogP contribution is 2.33. The summed E-state index contributed by atoms with van der Waals surface area (Å²) in [6.45, 7) is 0.0536. The van der Waals surface area contributed by atoms with Gasteiger partial charge in [-0.25, -0.2) is 0 Å². The number of aliphatic hydroxyl groups excluding tert-OH is 1. The average Bonchev–Trinajstić information content (AvgIpc) is 2.39. The van der Waals surface area contributed by atoms with E-state index < -0.39 is 0 Å². The van der Waals surface area contributed by atoms with Gasteiger partial charge in [-0.2, -0.15) is 0 Å². The summed E-state index contributed by atoms with van der Waals surface area (Å²) in [5.41, 5.74) is 3.10. The first kappa shape index (κ1) is 11.8. The van der Waals surface area contributed by atoms with Gasteiger partial charge >= 0.3 is 0 Å². The van der Waals surface area contributed by atoms with E-state index in [-0.39, 0.29) is 17.2 Å². The summed E-state index contributed by atoms with van der Waals surface area (Å²) in [5.74, 6) is 0. The summed E-state index contributed by atoms with van der Waals surface area (Å²) in [4.78, 5) is 10.3. The molecule has 4 nitrogen and oxygen atoms in total. The molecular weight excluding hydrogens is 218 g/mol. The van der Waals surface area contributed by atoms with Gasteiger partial charge < -0.3 is 5.11 Å². The zero-order valence-electron chi connectivity index (χ0n) is 9.56. The minimum absolute atomic E-state index is 0.0536. The molecule has 0 radical (unpaired) electrons. The third-order valence-corrected chi connectivity index (χ3v) is 3.18. The van der Waals surface area contributed by atoms with E-state index in [0.717, 1.165) is 42.4 Å². The third-order valence-electron chi connectivity index (χ3n) is 3.18. The lowest BCUT2D eigenvalue weighted by Crippen LogP contribution is -2.03. The number of allylic oxidation sites excluding steroid dienone is 1. The van der Waals surface area contributed by atoms with E-state index in [1.807, 2.05) is 6.07 Å². The summed E-state index contributed by atoms with van der Waals surface area (Å²) in [6, 6.07) is 6.66. The molecule has 0 saturated heterocycles. The molecule has 0 fully saturated rings. The summed E-state index contributed by atoms with van der Waals surface area (Å²) in [5, 5.41) is 20.0. The second-order valence-electron chi connectivity index (χ2n) is 4.25. The molecule has 1 N–H and O–H groups in total. The molecule has 0 atom stereocenters. The number of rotatable bonds is 3. The van der Waals surface area contributed by atoms with Crippen LogP contribution in [0.5, 0.6) is 0 Å². The fraction of sp³-hybridized carbons (Fsp3) is 0.385. The topological polar surface area (TPSA) is 63.4 Å². The van der Waals surface area contributed by atoms with Crippen LogP contribution in [0.15, 0.2) is 29.8 Å². The Kier molecular flexibility index (Phi) is 3.54. The molecule has 0 amide bonds. The molecular formula is C13H15NO3. The molecule has 0 aromatic heterocycles. The van der Waals surface area contributed by atoms with Crippen LogP contribution in [0.2, 0.25) is 0 Å². The number of aliphatic hydroxyl groups is 1. The van der Waals surface area contributed by atoms with Gasteiger partial charge in [0.2, 0.25) is 0 Å². The quantitative estimate of drug-likeness (QED) is 0.645. The van der Waals surface area contributed by atoms with Gasteiger partial charge in [0.1, 0.15) is 0 Å². The molecule has 0 aliphatic heterocycles. The van der Waals surface area contributed by atoms with Gasteiger partial charge in [0.15, 0.2) is 0 Å². The van der Waals surface area contributed by atoms with Gasteiger partial charge in [-0.1, -0.05) is 12.1 Å². The first-order chi connectivity index (χ1) is 8.22. The van der Waals surface area contributed by atoms with Crippen molar-refractivity contribution in [1.29, 1.82) is 0 Å². The van der Waals surface area contributed by atoms with E-state index >= 15 is 0 Å². The maximum Gasteiger partial charge on any atom is 0.270 e. The molecule has 2 rings (SSSR count). The van der Waals surface area contributed by atoms with Crippen molar-refractivity contribution in [3.8, 4) is 0 Å². The smallest absolute Gasteiger partial charge is 0.270 e. The molecule has 1 aromatic rings. The van der Waals surface area contributed by atoms with Crippen molar-refractivity contribution in [1.82, 2.24) is 0 Å². The fourth-order valence-corrected chi connectivity index (χ4v) is 2.30. The maximum absolute atomic E-state index is 10.7. The number of nitro benzene ring substituents is 1. The van der Waals surface area contributed by atoms with E-state index in [2.05, 4.69) is 0 Å². The van der Waals surface area contributed by atoms with E-state index in [0.29, 0.717) is 0 Å². The Labute approximate surface area is 99.7 Å². The molecule has 1 aliphatic rings. The number of hydrogen-bond donors (Lipinski definition) is 1. The lowest BCUT2D eigenvalue weighted by molar-refractivity contribution is -0.384. The van der Waals surface area contributed by atoms with Crippen molar-refractivity contribution >= 4 is 11.3 Å². The lowest BCUT2D eigenvalue weighted by atomic mass is 9.87. The molecule has 0 bridgehead atoms. The zero-order chi connectivity index (χ0) is 12.3. The van der Waals surface area contributed by atoms with E-state index in [9.17, 15) is 15.2 Å². The van der Waals surface area contributed by atoms with Gasteiger partial charge in [0.05, 0.1) is 11.5 Å². The third kappa shape index (κ3) is 2.53. The van der Waals surface area contributed by atoms with Gasteiger partial charge in [0.25, 0.3) is 5.69 Å². The van der Waals surface area contributed by atoms with Gasteiger partial charge in [0, 0.05) is 12.1 Å². The molecule has 17 heavy (non-hydrogen) atoms. The first-order valence-electron chi connectivity index (χ1n) is 5.79. The minimum Gasteiger partial charge on any atom is -0.392 e. The summed E-state index contributed by atoms with van der Waals surface area (Å²) in [7, 11) is 0. The van der Waals surface area contributed by atoms with Crippen LogP contribution in [0.1, 0.15) is 31.2 Å². The van der Waals surface area contributed by atoms with Crippen LogP contribution in [-0.2, 0) is 0 Å². The minimum atomic E-state index is -0.383. The Morgan fingerprint density at radius 3 is 2.76 bits per heavy atom. The molecule has 1 aliphatic carbocycles. The Balaban J connectivity index is 2.41. The second-order valence-corrected chi connectivity index (χ2v) is 4.25. The Bertz CT molecular complexity index is 465. The average molecular weight is 233 g/mol. The van der Waals surface area contributed by atoms with Crippen molar-refractivity contribution in [2.75, 3.05) is 6.61 Å². The van der Waals surface area contributed by atoms with E-state index in [1.54, 1.807) is 12.1 Å². The summed E-state index contributed by atoms with van der Waals surface area (Å²) in [6.07, 6.45) is 3.97. The van der Waals surface area contributed by atoms with Crippen molar-refractivity contribution in [3.63, 3.8) is 0 Å². The number of nitro groups is 1. The van der Waals surface area contributed by atoms with Crippen LogP contribution >= 0.6 is 0 Å². The SMILES string of the molecule is O=[N+]([O-])c1cccc(C2=C(CO)CCCC2)c1. The predicted octanol–water partition coefficient (Wildman–Crippen LogP) is 2.91. The van der Waals surface area contributed by atoms with Crippen LogP contribution < -0.4 is 0 Å². The highest BCUT2D eigenvalue weighted by atomic mass is 16.6. The predicted molar refractivity (Wildman–Crippen MR) is 65.6 cm³/mol. The lowest BCUT2D eigenvalue weighted by Gasteiger charge is -2.19. The molecule has 0 heterocycles. The number of hydrogen-bond acceptors (Lipinski definition) is 3. The van der Waals surface area contributed by atoms with Crippen LogP contribution in [0.3, 0.4) is 0 Å². The van der Waals surface area contributed by atoms with Gasteiger partial charge in [-0.15, -0.1) is 0 Å². The normalized spacial score (nSPS) is 16.1. The molecule has 1 aromatic carbocycles. The summed E-state index contributed by atoms with van der Waals surface area (Å²) < 4.78 is 0. The van der Waals surface area contributed by atoms with Gasteiger partial charge in [-0.05, 0) is 42.4 Å². The highest BCUT2D eigenvalue weighted by molar-refractivity contribution is 5.71. The van der Waals surface area contributed by atoms with Crippen molar-refractivity contribution < 1.29 is 10.0 Å². The number of non-ortho nitro benzene ring substituents is 1. The second kappa shape index (κ2) is 5.10. The summed E-state index contributed by atoms with van der Waals surface area (Å²) >= 11 is 0. The van der Waals surface area contributed by atoms with E-state index in [1.165, 1.54) is 6.07 Å². The standard InChI is InChI=1S/C13H15NO3/c15-9-11-4-1-2-7-13(11)10-5-3-6-12(8-10)14(16)17/h3,5-6,8,15H,1-2,4,7,9H2. The molecule has 90 valence electrons. The molecule has 0 spiro atoms. The monoisotopic (exact) mass is 233 g/mol. The Morgan fingerprint density at radius 2 is 2.06 bits per heavy atom. The Hall–Kier alpha value is -1.68. The molecule has 0 unspecified atom stereocenters. The fourth-order valence-electron chi connectivity index (χ4n) is 2.30.